The van der Waals surface area contributed by atoms with Gasteiger partial charge in [0.2, 0.25) is 0 Å². The van der Waals surface area contributed by atoms with Crippen LogP contribution in [0.15, 0.2) is 42.6 Å². The third-order valence-electron chi connectivity index (χ3n) is 6.61. The Morgan fingerprint density at radius 2 is 1.73 bits per heavy atom. The van der Waals surface area contributed by atoms with Crippen molar-refractivity contribution < 1.29 is 14.3 Å². The van der Waals surface area contributed by atoms with Crippen molar-refractivity contribution in [2.45, 2.75) is 65.9 Å². The second-order valence-electron chi connectivity index (χ2n) is 10.8. The molecule has 8 heteroatoms. The van der Waals surface area contributed by atoms with Crippen LogP contribution < -0.4 is 5.32 Å². The van der Waals surface area contributed by atoms with Crippen molar-refractivity contribution in [1.82, 2.24) is 14.7 Å². The number of carbonyl (C=O) groups excluding carboxylic acids is 2. The Morgan fingerprint density at radius 3 is 2.38 bits per heavy atom. The molecule has 2 aromatic carbocycles. The Hall–Kier alpha value is -3.32. The van der Waals surface area contributed by atoms with Crippen molar-refractivity contribution in [3.8, 4) is 5.69 Å². The second kappa shape index (κ2) is 10.6. The molecule has 0 bridgehead atoms. The molecule has 1 aliphatic rings. The Morgan fingerprint density at radius 1 is 1.03 bits per heavy atom. The number of halogens is 1. The van der Waals surface area contributed by atoms with Gasteiger partial charge in [0.05, 0.1) is 23.1 Å². The molecule has 2 amide bonds. The Bertz CT molecular complexity index is 1320. The topological polar surface area (TPSA) is 76.5 Å². The number of aromatic nitrogens is 2. The summed E-state index contributed by atoms with van der Waals surface area (Å²) in [6.45, 7) is 12.7. The lowest BCUT2D eigenvalue weighted by atomic mass is 9.90. The average Bonchev–Trinajstić information content (AvgIpc) is 3.25. The number of rotatable bonds is 4. The molecule has 0 saturated carbocycles. The number of hydrogen-bond acceptors (Lipinski definition) is 4. The van der Waals surface area contributed by atoms with Crippen LogP contribution in [0.4, 0.5) is 10.5 Å². The minimum atomic E-state index is -0.542. The third-order valence-corrected chi connectivity index (χ3v) is 6.85. The first-order chi connectivity index (χ1) is 17.4. The molecule has 7 nitrogen and oxygen atoms in total. The van der Waals surface area contributed by atoms with Crippen LogP contribution in [0.1, 0.15) is 72.3 Å². The van der Waals surface area contributed by atoms with E-state index in [9.17, 15) is 9.59 Å². The van der Waals surface area contributed by atoms with Crippen molar-refractivity contribution in [2.75, 3.05) is 18.4 Å². The van der Waals surface area contributed by atoms with Gasteiger partial charge in [0.25, 0.3) is 5.91 Å². The SMILES string of the molecule is Cc1ccc(-n2ncc(C(=O)Nc3cc(Cl)ccc3C)c2C2CCN(C(=O)OC(C)(C)C)CC2)c(C)c1. The van der Waals surface area contributed by atoms with Gasteiger partial charge < -0.3 is 15.0 Å². The number of benzene rings is 2. The number of hydrogen-bond donors (Lipinski definition) is 1. The smallest absolute Gasteiger partial charge is 0.410 e. The number of piperidine rings is 1. The van der Waals surface area contributed by atoms with Gasteiger partial charge in [-0.3, -0.25) is 4.79 Å². The summed E-state index contributed by atoms with van der Waals surface area (Å²) in [5.41, 5.74) is 5.60. The Kier molecular flexibility index (Phi) is 7.64. The van der Waals surface area contributed by atoms with E-state index in [4.69, 9.17) is 16.3 Å². The predicted molar refractivity (Wildman–Crippen MR) is 147 cm³/mol. The van der Waals surface area contributed by atoms with Crippen LogP contribution in [0.2, 0.25) is 5.02 Å². The maximum atomic E-state index is 13.6. The maximum Gasteiger partial charge on any atom is 0.410 e. The minimum absolute atomic E-state index is 0.0445. The molecular weight excluding hydrogens is 488 g/mol. The van der Waals surface area contributed by atoms with E-state index in [0.717, 1.165) is 28.1 Å². The second-order valence-corrected chi connectivity index (χ2v) is 11.2. The van der Waals surface area contributed by atoms with Crippen LogP contribution >= 0.6 is 11.6 Å². The van der Waals surface area contributed by atoms with E-state index in [-0.39, 0.29) is 17.9 Å². The lowest BCUT2D eigenvalue weighted by Crippen LogP contribution is -2.41. The van der Waals surface area contributed by atoms with Crippen molar-refractivity contribution in [3.05, 3.63) is 75.6 Å². The lowest BCUT2D eigenvalue weighted by Gasteiger charge is -2.34. The van der Waals surface area contributed by atoms with Crippen LogP contribution in [-0.4, -0.2) is 45.4 Å². The van der Waals surface area contributed by atoms with Gasteiger partial charge in [0.15, 0.2) is 0 Å². The van der Waals surface area contributed by atoms with Crippen molar-refractivity contribution in [2.24, 2.45) is 0 Å². The highest BCUT2D eigenvalue weighted by molar-refractivity contribution is 6.31. The highest BCUT2D eigenvalue weighted by atomic mass is 35.5. The number of nitrogens with one attached hydrogen (secondary N) is 1. The summed E-state index contributed by atoms with van der Waals surface area (Å²) in [6, 6.07) is 11.6. The van der Waals surface area contributed by atoms with Gasteiger partial charge >= 0.3 is 6.09 Å². The molecule has 0 radical (unpaired) electrons. The van der Waals surface area contributed by atoms with Gasteiger partial charge in [0, 0.05) is 29.7 Å². The predicted octanol–water partition coefficient (Wildman–Crippen LogP) is 6.82. The lowest BCUT2D eigenvalue weighted by molar-refractivity contribution is 0.0203. The zero-order valence-electron chi connectivity index (χ0n) is 22.4. The molecule has 1 N–H and O–H groups in total. The monoisotopic (exact) mass is 522 g/mol. The molecule has 1 aliphatic heterocycles. The number of anilines is 1. The van der Waals surface area contributed by atoms with Crippen molar-refractivity contribution in [3.63, 3.8) is 0 Å². The van der Waals surface area contributed by atoms with Gasteiger partial charge in [-0.05, 0) is 83.7 Å². The first-order valence-corrected chi connectivity index (χ1v) is 13.0. The van der Waals surface area contributed by atoms with Crippen LogP contribution in [0, 0.1) is 20.8 Å². The van der Waals surface area contributed by atoms with Gasteiger partial charge in [-0.25, -0.2) is 9.48 Å². The fraction of sp³-hybridized carbons (Fsp3) is 0.414. The summed E-state index contributed by atoms with van der Waals surface area (Å²) in [4.78, 5) is 27.9. The molecular formula is C29H35ClN4O3. The van der Waals surface area contributed by atoms with E-state index in [1.54, 1.807) is 23.2 Å². The van der Waals surface area contributed by atoms with E-state index in [2.05, 4.69) is 23.4 Å². The Balaban J connectivity index is 1.66. The molecule has 0 unspecified atom stereocenters. The van der Waals surface area contributed by atoms with Crippen LogP contribution in [0.3, 0.4) is 0 Å². The molecule has 196 valence electrons. The van der Waals surface area contributed by atoms with Crippen molar-refractivity contribution in [1.29, 1.82) is 0 Å². The molecule has 2 heterocycles. The van der Waals surface area contributed by atoms with E-state index >= 15 is 0 Å². The van der Waals surface area contributed by atoms with Crippen LogP contribution in [0.5, 0.6) is 0 Å². The molecule has 1 fully saturated rings. The summed E-state index contributed by atoms with van der Waals surface area (Å²) in [5.74, 6) is -0.186. The largest absolute Gasteiger partial charge is 0.444 e. The number of aryl methyl sites for hydroxylation is 3. The summed E-state index contributed by atoms with van der Waals surface area (Å²) in [5, 5.41) is 8.27. The molecule has 3 aromatic rings. The zero-order chi connectivity index (χ0) is 26.9. The highest BCUT2D eigenvalue weighted by Gasteiger charge is 2.32. The molecule has 1 saturated heterocycles. The standard InChI is InChI=1S/C29H35ClN4O3/c1-18-7-10-25(20(3)15-18)34-26(21-11-13-33(14-12-21)28(36)37-29(4,5)6)23(17-31-34)27(35)32-24-16-22(30)9-8-19(24)2/h7-10,15-17,21H,11-14H2,1-6H3,(H,32,35). The normalized spacial score (nSPS) is 14.5. The van der Waals surface area contributed by atoms with Crippen LogP contribution in [-0.2, 0) is 4.74 Å². The quantitative estimate of drug-likeness (QED) is 0.408. The van der Waals surface area contributed by atoms with E-state index < -0.39 is 5.60 Å². The maximum absolute atomic E-state index is 13.6. The molecule has 0 aliphatic carbocycles. The Labute approximate surface area is 223 Å². The summed E-state index contributed by atoms with van der Waals surface area (Å²) in [6.07, 6.45) is 2.74. The van der Waals surface area contributed by atoms with Gasteiger partial charge in [-0.15, -0.1) is 0 Å². The average molecular weight is 523 g/mol. The number of ether oxygens (including phenoxy) is 1. The summed E-state index contributed by atoms with van der Waals surface area (Å²) in [7, 11) is 0. The number of carbonyl (C=O) groups is 2. The number of nitrogens with zero attached hydrogens (tertiary/aromatic N) is 3. The van der Waals surface area contributed by atoms with Gasteiger partial charge in [-0.1, -0.05) is 35.4 Å². The first-order valence-electron chi connectivity index (χ1n) is 12.6. The molecule has 1 aromatic heterocycles. The van der Waals surface area contributed by atoms with E-state index in [1.807, 2.05) is 57.5 Å². The minimum Gasteiger partial charge on any atom is -0.444 e. The van der Waals surface area contributed by atoms with E-state index in [1.165, 1.54) is 0 Å². The van der Waals surface area contributed by atoms with Gasteiger partial charge in [-0.2, -0.15) is 5.10 Å². The van der Waals surface area contributed by atoms with Crippen LogP contribution in [0.25, 0.3) is 5.69 Å². The number of amides is 2. The van der Waals surface area contributed by atoms with Crippen molar-refractivity contribution >= 4 is 29.3 Å². The molecule has 37 heavy (non-hydrogen) atoms. The first kappa shape index (κ1) is 26.7. The summed E-state index contributed by atoms with van der Waals surface area (Å²) >= 11 is 6.18. The number of likely N-dealkylation sites (tertiary alicyclic amines) is 1. The highest BCUT2D eigenvalue weighted by Crippen LogP contribution is 2.34. The fourth-order valence-corrected chi connectivity index (χ4v) is 4.91. The van der Waals surface area contributed by atoms with E-state index in [0.29, 0.717) is 42.2 Å². The fourth-order valence-electron chi connectivity index (χ4n) is 4.74. The third kappa shape index (κ3) is 6.16. The molecule has 4 rings (SSSR count). The summed E-state index contributed by atoms with van der Waals surface area (Å²) < 4.78 is 7.46. The molecule has 0 atom stereocenters. The zero-order valence-corrected chi connectivity index (χ0v) is 23.1. The molecule has 0 spiro atoms. The van der Waals surface area contributed by atoms with Gasteiger partial charge in [0.1, 0.15) is 5.60 Å².